The summed E-state index contributed by atoms with van der Waals surface area (Å²) in [6.07, 6.45) is 2.75. The first-order valence-corrected chi connectivity index (χ1v) is 9.12. The number of halogens is 1. The Balaban J connectivity index is 1.53. The Bertz CT molecular complexity index is 1030. The number of nitrogens with one attached hydrogen (secondary N) is 1. The lowest BCUT2D eigenvalue weighted by molar-refractivity contribution is -0.131. The van der Waals surface area contributed by atoms with Crippen LogP contribution >= 0.6 is 0 Å². The Morgan fingerprint density at radius 2 is 1.89 bits per heavy atom. The highest BCUT2D eigenvalue weighted by atomic mass is 19.1. The van der Waals surface area contributed by atoms with Crippen LogP contribution in [0, 0.1) is 5.82 Å². The number of benzene rings is 2. The van der Waals surface area contributed by atoms with Crippen LogP contribution in [0.4, 0.5) is 4.39 Å². The minimum absolute atomic E-state index is 0.00399. The molecule has 1 amide bonds. The first-order chi connectivity index (χ1) is 13.1. The molecule has 1 saturated heterocycles. The van der Waals surface area contributed by atoms with Crippen LogP contribution in [0.1, 0.15) is 24.1 Å². The third kappa shape index (κ3) is 3.60. The van der Waals surface area contributed by atoms with Gasteiger partial charge in [-0.15, -0.1) is 0 Å². The number of carbonyl (C=O) groups is 1. The number of hydrogen-bond acceptors (Lipinski definition) is 3. The maximum atomic E-state index is 13.1. The van der Waals surface area contributed by atoms with E-state index in [1.165, 1.54) is 12.1 Å². The Kier molecular flexibility index (Phi) is 4.71. The van der Waals surface area contributed by atoms with Crippen molar-refractivity contribution in [1.82, 2.24) is 15.1 Å². The summed E-state index contributed by atoms with van der Waals surface area (Å²) in [7, 11) is 0. The van der Waals surface area contributed by atoms with Crippen molar-refractivity contribution < 1.29 is 9.18 Å². The van der Waals surface area contributed by atoms with Gasteiger partial charge in [-0.05, 0) is 43.0 Å². The SMILES string of the molecule is O=C(Cc1n[nH]c(=O)c2ccccc12)N1CCCC1Cc1ccc(F)cc1. The zero-order valence-corrected chi connectivity index (χ0v) is 14.8. The largest absolute Gasteiger partial charge is 0.339 e. The molecule has 1 fully saturated rings. The van der Waals surface area contributed by atoms with Crippen LogP contribution in [0.15, 0.2) is 53.3 Å². The molecule has 1 aromatic heterocycles. The molecular weight excluding hydrogens is 345 g/mol. The number of aromatic nitrogens is 2. The van der Waals surface area contributed by atoms with Crippen molar-refractivity contribution in [3.05, 3.63) is 76.0 Å². The van der Waals surface area contributed by atoms with E-state index in [1.807, 2.05) is 17.0 Å². The maximum absolute atomic E-state index is 13.1. The predicted octanol–water partition coefficient (Wildman–Crippen LogP) is 2.84. The van der Waals surface area contributed by atoms with E-state index in [4.69, 9.17) is 0 Å². The summed E-state index contributed by atoms with van der Waals surface area (Å²) in [5.41, 5.74) is 1.36. The molecule has 3 aromatic rings. The standard InChI is InChI=1S/C21H20FN3O2/c22-15-9-7-14(8-10-15)12-16-4-3-11-25(16)20(26)13-19-17-5-1-2-6-18(17)21(27)24-23-19/h1-2,5-10,16H,3-4,11-13H2,(H,24,27). The number of aromatic amines is 1. The van der Waals surface area contributed by atoms with Crippen molar-refractivity contribution in [2.45, 2.75) is 31.7 Å². The zero-order chi connectivity index (χ0) is 18.8. The fourth-order valence-corrected chi connectivity index (χ4v) is 3.82. The molecule has 4 rings (SSSR count). The summed E-state index contributed by atoms with van der Waals surface area (Å²) in [6, 6.07) is 13.7. The summed E-state index contributed by atoms with van der Waals surface area (Å²) in [5, 5.41) is 7.85. The second-order valence-corrected chi connectivity index (χ2v) is 6.94. The zero-order valence-electron chi connectivity index (χ0n) is 14.8. The number of likely N-dealkylation sites (tertiary alicyclic amines) is 1. The van der Waals surface area contributed by atoms with Gasteiger partial charge >= 0.3 is 0 Å². The van der Waals surface area contributed by atoms with Crippen LogP contribution < -0.4 is 5.56 Å². The van der Waals surface area contributed by atoms with Crippen molar-refractivity contribution in [1.29, 1.82) is 0 Å². The molecule has 5 nitrogen and oxygen atoms in total. The van der Waals surface area contributed by atoms with Gasteiger partial charge in [0.1, 0.15) is 5.82 Å². The molecule has 0 spiro atoms. The average molecular weight is 365 g/mol. The van der Waals surface area contributed by atoms with E-state index in [9.17, 15) is 14.0 Å². The molecule has 1 aliphatic rings. The molecule has 138 valence electrons. The molecule has 27 heavy (non-hydrogen) atoms. The maximum Gasteiger partial charge on any atom is 0.272 e. The Hall–Kier alpha value is -3.02. The van der Waals surface area contributed by atoms with E-state index in [-0.39, 0.29) is 29.7 Å². The molecule has 2 aromatic carbocycles. The minimum Gasteiger partial charge on any atom is -0.339 e. The molecule has 1 aliphatic heterocycles. The van der Waals surface area contributed by atoms with Gasteiger partial charge in [0, 0.05) is 18.0 Å². The second kappa shape index (κ2) is 7.31. The third-order valence-corrected chi connectivity index (χ3v) is 5.18. The summed E-state index contributed by atoms with van der Waals surface area (Å²) in [4.78, 5) is 26.7. The summed E-state index contributed by atoms with van der Waals surface area (Å²) >= 11 is 0. The van der Waals surface area contributed by atoms with E-state index >= 15 is 0 Å². The lowest BCUT2D eigenvalue weighted by Crippen LogP contribution is -2.38. The van der Waals surface area contributed by atoms with Gasteiger partial charge in [0.2, 0.25) is 5.91 Å². The molecule has 1 unspecified atom stereocenters. The van der Waals surface area contributed by atoms with Crippen LogP contribution in [-0.4, -0.2) is 33.6 Å². The van der Waals surface area contributed by atoms with Crippen LogP contribution in [0.25, 0.3) is 10.8 Å². The first-order valence-electron chi connectivity index (χ1n) is 9.12. The number of carbonyl (C=O) groups excluding carboxylic acids is 1. The van der Waals surface area contributed by atoms with Crippen LogP contribution in [0.2, 0.25) is 0 Å². The van der Waals surface area contributed by atoms with Gasteiger partial charge in [-0.1, -0.05) is 30.3 Å². The van der Waals surface area contributed by atoms with Gasteiger partial charge < -0.3 is 4.90 Å². The van der Waals surface area contributed by atoms with Crippen LogP contribution in [0.5, 0.6) is 0 Å². The topological polar surface area (TPSA) is 66.1 Å². The Labute approximate surface area is 155 Å². The monoisotopic (exact) mass is 365 g/mol. The van der Waals surface area contributed by atoms with Crippen molar-refractivity contribution >= 4 is 16.7 Å². The molecule has 0 bridgehead atoms. The van der Waals surface area contributed by atoms with E-state index in [2.05, 4.69) is 10.2 Å². The number of H-pyrrole nitrogens is 1. The van der Waals surface area contributed by atoms with E-state index in [0.29, 0.717) is 29.4 Å². The van der Waals surface area contributed by atoms with Crippen molar-refractivity contribution in [3.63, 3.8) is 0 Å². The average Bonchev–Trinajstić information content (AvgIpc) is 3.14. The number of amides is 1. The molecule has 0 saturated carbocycles. The molecule has 1 atom stereocenters. The Morgan fingerprint density at radius 1 is 1.15 bits per heavy atom. The fourth-order valence-electron chi connectivity index (χ4n) is 3.82. The molecule has 0 aliphatic carbocycles. The second-order valence-electron chi connectivity index (χ2n) is 6.94. The first kappa shape index (κ1) is 17.4. The lowest BCUT2D eigenvalue weighted by Gasteiger charge is -2.25. The van der Waals surface area contributed by atoms with Gasteiger partial charge in [0.25, 0.3) is 5.56 Å². The van der Waals surface area contributed by atoms with Crippen molar-refractivity contribution in [2.75, 3.05) is 6.54 Å². The summed E-state index contributed by atoms with van der Waals surface area (Å²) in [6.45, 7) is 0.714. The number of nitrogens with zero attached hydrogens (tertiary/aromatic N) is 2. The van der Waals surface area contributed by atoms with Gasteiger partial charge in [0.15, 0.2) is 0 Å². The van der Waals surface area contributed by atoms with E-state index in [1.54, 1.807) is 24.3 Å². The van der Waals surface area contributed by atoms with E-state index in [0.717, 1.165) is 18.4 Å². The Morgan fingerprint density at radius 3 is 2.67 bits per heavy atom. The normalized spacial score (nSPS) is 16.8. The quantitative estimate of drug-likeness (QED) is 0.773. The highest BCUT2D eigenvalue weighted by Crippen LogP contribution is 2.23. The van der Waals surface area contributed by atoms with E-state index < -0.39 is 0 Å². The number of rotatable bonds is 4. The lowest BCUT2D eigenvalue weighted by atomic mass is 10.0. The predicted molar refractivity (Wildman–Crippen MR) is 101 cm³/mol. The number of fused-ring (bicyclic) bond motifs is 1. The smallest absolute Gasteiger partial charge is 0.272 e. The van der Waals surface area contributed by atoms with Gasteiger partial charge in [0.05, 0.1) is 17.5 Å². The van der Waals surface area contributed by atoms with Crippen molar-refractivity contribution in [3.8, 4) is 0 Å². The van der Waals surface area contributed by atoms with Gasteiger partial charge in [-0.25, -0.2) is 9.49 Å². The van der Waals surface area contributed by atoms with Crippen molar-refractivity contribution in [2.24, 2.45) is 0 Å². The highest BCUT2D eigenvalue weighted by molar-refractivity contribution is 5.88. The highest BCUT2D eigenvalue weighted by Gasteiger charge is 2.29. The molecular formula is C21H20FN3O2. The molecule has 2 heterocycles. The molecule has 1 N–H and O–H groups in total. The fraction of sp³-hybridized carbons (Fsp3) is 0.286. The molecule has 6 heteroatoms. The number of hydrogen-bond donors (Lipinski definition) is 1. The van der Waals surface area contributed by atoms with Crippen LogP contribution in [-0.2, 0) is 17.6 Å². The van der Waals surface area contributed by atoms with Crippen LogP contribution in [0.3, 0.4) is 0 Å². The third-order valence-electron chi connectivity index (χ3n) is 5.18. The molecule has 0 radical (unpaired) electrons. The summed E-state index contributed by atoms with van der Waals surface area (Å²) < 4.78 is 13.1. The van der Waals surface area contributed by atoms with Gasteiger partial charge in [-0.3, -0.25) is 9.59 Å². The summed E-state index contributed by atoms with van der Waals surface area (Å²) in [5.74, 6) is -0.251. The van der Waals surface area contributed by atoms with Gasteiger partial charge in [-0.2, -0.15) is 5.10 Å². The minimum atomic E-state index is -0.255.